The van der Waals surface area contributed by atoms with Gasteiger partial charge in [0.05, 0.1) is 18.6 Å². The molecule has 7 nitrogen and oxygen atoms in total. The molecular weight excluding hydrogens is 495 g/mol. The molecule has 0 aromatic heterocycles. The summed E-state index contributed by atoms with van der Waals surface area (Å²) in [5.41, 5.74) is 4.06. The maximum atomic E-state index is 13.2. The Hall–Kier alpha value is -4.11. The molecule has 3 amide bonds. The summed E-state index contributed by atoms with van der Waals surface area (Å²) in [6.45, 7) is 3.75. The molecule has 37 heavy (non-hydrogen) atoms. The van der Waals surface area contributed by atoms with Gasteiger partial charge >= 0.3 is 0 Å². The molecular formula is C28H25FN2O5S. The molecule has 0 atom stereocenters. The minimum atomic E-state index is -0.429. The van der Waals surface area contributed by atoms with Gasteiger partial charge in [0.1, 0.15) is 5.82 Å². The Balaban J connectivity index is 1.42. The second-order valence-electron chi connectivity index (χ2n) is 8.39. The number of thioether (sulfide) groups is 1. The fourth-order valence-corrected chi connectivity index (χ4v) is 4.51. The summed E-state index contributed by atoms with van der Waals surface area (Å²) in [5.74, 6) is -0.392. The molecule has 3 aromatic carbocycles. The third kappa shape index (κ3) is 6.18. The van der Waals surface area contributed by atoms with Crippen molar-refractivity contribution in [1.29, 1.82) is 0 Å². The van der Waals surface area contributed by atoms with Crippen molar-refractivity contribution in [3.05, 3.63) is 93.6 Å². The number of carbonyl (C=O) groups is 3. The van der Waals surface area contributed by atoms with E-state index in [0.717, 1.165) is 33.5 Å². The molecule has 1 aliphatic heterocycles. The summed E-state index contributed by atoms with van der Waals surface area (Å²) >= 11 is 0.833. The van der Waals surface area contributed by atoms with Crippen molar-refractivity contribution < 1.29 is 28.2 Å². The number of ether oxygens (including phenoxy) is 2. The van der Waals surface area contributed by atoms with E-state index in [2.05, 4.69) is 5.32 Å². The number of hydrogen-bond donors (Lipinski definition) is 1. The van der Waals surface area contributed by atoms with Crippen molar-refractivity contribution in [2.45, 2.75) is 20.4 Å². The third-order valence-corrected chi connectivity index (χ3v) is 6.76. The van der Waals surface area contributed by atoms with Gasteiger partial charge in [0.2, 0.25) is 0 Å². The number of carbonyl (C=O) groups excluding carboxylic acids is 3. The van der Waals surface area contributed by atoms with Gasteiger partial charge in [0, 0.05) is 5.69 Å². The quantitative estimate of drug-likeness (QED) is 0.383. The molecule has 1 heterocycles. The van der Waals surface area contributed by atoms with Crippen molar-refractivity contribution in [3.63, 3.8) is 0 Å². The van der Waals surface area contributed by atoms with Crippen LogP contribution in [-0.2, 0) is 16.1 Å². The molecule has 0 radical (unpaired) electrons. The van der Waals surface area contributed by atoms with Gasteiger partial charge in [-0.1, -0.05) is 30.3 Å². The number of aryl methyl sites for hydroxylation is 1. The van der Waals surface area contributed by atoms with Crippen LogP contribution in [0, 0.1) is 19.7 Å². The number of nitrogens with zero attached hydrogens (tertiary/aromatic N) is 1. The van der Waals surface area contributed by atoms with Crippen LogP contribution in [0.2, 0.25) is 0 Å². The smallest absolute Gasteiger partial charge is 0.293 e. The van der Waals surface area contributed by atoms with Gasteiger partial charge in [0.25, 0.3) is 17.1 Å². The first kappa shape index (κ1) is 26.0. The molecule has 0 bridgehead atoms. The fourth-order valence-electron chi connectivity index (χ4n) is 3.67. The maximum absolute atomic E-state index is 13.2. The molecule has 1 N–H and O–H groups in total. The van der Waals surface area contributed by atoms with E-state index < -0.39 is 11.1 Å². The van der Waals surface area contributed by atoms with Crippen LogP contribution in [0.1, 0.15) is 22.3 Å². The molecule has 9 heteroatoms. The van der Waals surface area contributed by atoms with Crippen LogP contribution in [-0.4, -0.2) is 35.7 Å². The number of methoxy groups -OCH3 is 1. The zero-order chi connectivity index (χ0) is 26.5. The SMILES string of the molecule is COc1cc(/C=C2\SC(=O)N(Cc3ccc(F)cc3)C2=O)ccc1OCC(=O)Nc1cccc(C)c1C. The van der Waals surface area contributed by atoms with Crippen LogP contribution in [0.4, 0.5) is 14.9 Å². The Bertz CT molecular complexity index is 1390. The number of halogens is 1. The first-order chi connectivity index (χ1) is 17.7. The van der Waals surface area contributed by atoms with Crippen molar-refractivity contribution in [1.82, 2.24) is 4.90 Å². The summed E-state index contributed by atoms with van der Waals surface area (Å²) in [6, 6.07) is 16.3. The minimum Gasteiger partial charge on any atom is -0.493 e. The van der Waals surface area contributed by atoms with Gasteiger partial charge in [-0.05, 0) is 84.3 Å². The van der Waals surface area contributed by atoms with E-state index in [1.54, 1.807) is 24.3 Å². The van der Waals surface area contributed by atoms with E-state index in [4.69, 9.17) is 9.47 Å². The normalized spacial score (nSPS) is 14.3. The third-order valence-electron chi connectivity index (χ3n) is 5.85. The van der Waals surface area contributed by atoms with Crippen molar-refractivity contribution >= 4 is 40.6 Å². The highest BCUT2D eigenvalue weighted by molar-refractivity contribution is 8.18. The summed E-state index contributed by atoms with van der Waals surface area (Å²) < 4.78 is 24.2. The van der Waals surface area contributed by atoms with Crippen LogP contribution in [0.25, 0.3) is 6.08 Å². The lowest BCUT2D eigenvalue weighted by Gasteiger charge is -2.13. The first-order valence-electron chi connectivity index (χ1n) is 11.4. The van der Waals surface area contributed by atoms with Crippen molar-refractivity contribution in [2.75, 3.05) is 19.0 Å². The van der Waals surface area contributed by atoms with Crippen LogP contribution in [0.15, 0.2) is 65.6 Å². The van der Waals surface area contributed by atoms with Gasteiger partial charge in [-0.15, -0.1) is 0 Å². The van der Waals surface area contributed by atoms with E-state index in [1.165, 1.54) is 31.4 Å². The predicted molar refractivity (Wildman–Crippen MR) is 141 cm³/mol. The van der Waals surface area contributed by atoms with Gasteiger partial charge in [-0.3, -0.25) is 19.3 Å². The molecule has 0 spiro atoms. The molecule has 1 saturated heterocycles. The van der Waals surface area contributed by atoms with Crippen LogP contribution >= 0.6 is 11.8 Å². The highest BCUT2D eigenvalue weighted by Gasteiger charge is 2.35. The number of nitrogens with one attached hydrogen (secondary N) is 1. The van der Waals surface area contributed by atoms with Gasteiger partial charge in [0.15, 0.2) is 18.1 Å². The molecule has 0 unspecified atom stereocenters. The van der Waals surface area contributed by atoms with Gasteiger partial charge in [-0.25, -0.2) is 4.39 Å². The molecule has 1 fully saturated rings. The number of imide groups is 1. The van der Waals surface area contributed by atoms with Crippen molar-refractivity contribution in [3.8, 4) is 11.5 Å². The highest BCUT2D eigenvalue weighted by Crippen LogP contribution is 2.35. The lowest BCUT2D eigenvalue weighted by molar-refractivity contribution is -0.123. The Labute approximate surface area is 218 Å². The maximum Gasteiger partial charge on any atom is 0.293 e. The molecule has 1 aliphatic rings. The average molecular weight is 521 g/mol. The summed E-state index contributed by atoms with van der Waals surface area (Å²) in [7, 11) is 1.47. The second kappa shape index (κ2) is 11.3. The van der Waals surface area contributed by atoms with Crippen LogP contribution < -0.4 is 14.8 Å². The summed E-state index contributed by atoms with van der Waals surface area (Å²) in [5, 5.41) is 2.44. The van der Waals surface area contributed by atoms with E-state index in [1.807, 2.05) is 32.0 Å². The standard InChI is InChI=1S/C28H25FN2O5S/c1-17-5-4-6-22(18(17)2)30-26(32)16-36-23-12-9-20(13-24(23)35-3)14-25-27(33)31(28(34)37-25)15-19-7-10-21(29)11-8-19/h4-14H,15-16H2,1-3H3,(H,30,32)/b25-14-. The average Bonchev–Trinajstić information content (AvgIpc) is 3.14. The molecule has 0 aliphatic carbocycles. The predicted octanol–water partition coefficient (Wildman–Crippen LogP) is 5.71. The number of anilines is 1. The van der Waals surface area contributed by atoms with Crippen LogP contribution in [0.5, 0.6) is 11.5 Å². The molecule has 0 saturated carbocycles. The number of benzene rings is 3. The molecule has 3 aromatic rings. The van der Waals surface area contributed by atoms with Crippen molar-refractivity contribution in [2.24, 2.45) is 0 Å². The minimum absolute atomic E-state index is 0.0581. The Morgan fingerprint density at radius 3 is 2.54 bits per heavy atom. The summed E-state index contributed by atoms with van der Waals surface area (Å²) in [4.78, 5) is 39.0. The van der Waals surface area contributed by atoms with Crippen LogP contribution in [0.3, 0.4) is 0 Å². The Kier molecular flexibility index (Phi) is 7.93. The number of rotatable bonds is 8. The number of amides is 3. The first-order valence-corrected chi connectivity index (χ1v) is 12.2. The second-order valence-corrected chi connectivity index (χ2v) is 9.38. The largest absolute Gasteiger partial charge is 0.493 e. The fraction of sp³-hybridized carbons (Fsp3) is 0.179. The lowest BCUT2D eigenvalue weighted by Crippen LogP contribution is -2.27. The topological polar surface area (TPSA) is 84.9 Å². The zero-order valence-corrected chi connectivity index (χ0v) is 21.4. The zero-order valence-electron chi connectivity index (χ0n) is 20.5. The van der Waals surface area contributed by atoms with Gasteiger partial charge in [-0.2, -0.15) is 0 Å². The summed E-state index contributed by atoms with van der Waals surface area (Å²) in [6.07, 6.45) is 1.59. The van der Waals surface area contributed by atoms with E-state index in [-0.39, 0.29) is 29.8 Å². The van der Waals surface area contributed by atoms with Gasteiger partial charge < -0.3 is 14.8 Å². The Morgan fingerprint density at radius 2 is 1.81 bits per heavy atom. The van der Waals surface area contributed by atoms with E-state index in [0.29, 0.717) is 22.6 Å². The Morgan fingerprint density at radius 1 is 1.05 bits per heavy atom. The van der Waals surface area contributed by atoms with E-state index >= 15 is 0 Å². The highest BCUT2D eigenvalue weighted by atomic mass is 32.2. The monoisotopic (exact) mass is 520 g/mol. The number of hydrogen-bond acceptors (Lipinski definition) is 6. The van der Waals surface area contributed by atoms with E-state index in [9.17, 15) is 18.8 Å². The molecule has 190 valence electrons. The molecule has 4 rings (SSSR count). The lowest BCUT2D eigenvalue weighted by atomic mass is 10.1.